The van der Waals surface area contributed by atoms with Gasteiger partial charge in [0.15, 0.2) is 17.1 Å². The average Bonchev–Trinajstić information content (AvgIpc) is 3.08. The minimum Gasteiger partial charge on any atom is -0.486 e. The van der Waals surface area contributed by atoms with Gasteiger partial charge < -0.3 is 9.47 Å². The van der Waals surface area contributed by atoms with Gasteiger partial charge >= 0.3 is 0 Å². The standard InChI is InChI=1S/C18H18N4O4S/c1-12-8-18-19-10-13-11-21(5-4-15(13)22(18)20-12)27(23,24)14-2-3-16-17(9-14)26-7-6-25-16/h2-3,8-10H,4-7,11H2,1H3. The Labute approximate surface area is 156 Å². The molecule has 9 heteroatoms. The predicted molar refractivity (Wildman–Crippen MR) is 96.5 cm³/mol. The van der Waals surface area contributed by atoms with Gasteiger partial charge in [-0.25, -0.2) is 17.9 Å². The highest BCUT2D eigenvalue weighted by molar-refractivity contribution is 7.89. The van der Waals surface area contributed by atoms with E-state index in [0.29, 0.717) is 37.7 Å². The van der Waals surface area contributed by atoms with Crippen LogP contribution in [0.4, 0.5) is 0 Å². The number of hydrogen-bond acceptors (Lipinski definition) is 6. The molecule has 0 aliphatic carbocycles. The summed E-state index contributed by atoms with van der Waals surface area (Å²) in [6.45, 7) is 3.47. The monoisotopic (exact) mass is 386 g/mol. The first-order valence-electron chi connectivity index (χ1n) is 8.75. The summed E-state index contributed by atoms with van der Waals surface area (Å²) in [5.41, 5.74) is 3.57. The lowest BCUT2D eigenvalue weighted by molar-refractivity contribution is 0.171. The molecular weight excluding hydrogens is 368 g/mol. The molecule has 0 atom stereocenters. The van der Waals surface area contributed by atoms with E-state index in [2.05, 4.69) is 10.1 Å². The molecule has 4 heterocycles. The van der Waals surface area contributed by atoms with Crippen molar-refractivity contribution >= 4 is 15.7 Å². The molecule has 2 aliphatic rings. The third-order valence-corrected chi connectivity index (χ3v) is 6.73. The van der Waals surface area contributed by atoms with Gasteiger partial charge in [-0.3, -0.25) is 0 Å². The average molecular weight is 386 g/mol. The third kappa shape index (κ3) is 2.65. The van der Waals surface area contributed by atoms with Gasteiger partial charge in [-0.15, -0.1) is 0 Å². The number of ether oxygens (including phenoxy) is 2. The van der Waals surface area contributed by atoms with Gasteiger partial charge in [0.1, 0.15) is 13.2 Å². The van der Waals surface area contributed by atoms with Gasteiger partial charge in [0.25, 0.3) is 0 Å². The highest BCUT2D eigenvalue weighted by Crippen LogP contribution is 2.34. The fourth-order valence-corrected chi connectivity index (χ4v) is 5.00. The van der Waals surface area contributed by atoms with Gasteiger partial charge in [0.2, 0.25) is 10.0 Å². The molecule has 0 saturated carbocycles. The van der Waals surface area contributed by atoms with Gasteiger partial charge in [0.05, 0.1) is 16.3 Å². The summed E-state index contributed by atoms with van der Waals surface area (Å²) in [6, 6.07) is 6.67. The van der Waals surface area contributed by atoms with Gasteiger partial charge in [0, 0.05) is 43.4 Å². The Morgan fingerprint density at radius 1 is 1.11 bits per heavy atom. The van der Waals surface area contributed by atoms with E-state index in [9.17, 15) is 8.42 Å². The molecular formula is C18H18N4O4S. The van der Waals surface area contributed by atoms with E-state index in [0.717, 1.165) is 22.6 Å². The van der Waals surface area contributed by atoms with E-state index in [-0.39, 0.29) is 11.4 Å². The van der Waals surface area contributed by atoms with Crippen LogP contribution in [0, 0.1) is 6.92 Å². The minimum absolute atomic E-state index is 0.208. The van der Waals surface area contributed by atoms with Crippen molar-refractivity contribution in [3.05, 3.63) is 47.4 Å². The van der Waals surface area contributed by atoms with Gasteiger partial charge in [-0.05, 0) is 19.1 Å². The zero-order valence-electron chi connectivity index (χ0n) is 14.8. The molecule has 0 unspecified atom stereocenters. The van der Waals surface area contributed by atoms with Gasteiger partial charge in [-0.2, -0.15) is 9.40 Å². The van der Waals surface area contributed by atoms with Crippen LogP contribution < -0.4 is 9.47 Å². The maximum absolute atomic E-state index is 13.1. The molecule has 8 nitrogen and oxygen atoms in total. The molecule has 2 aliphatic heterocycles. The normalized spacial score (nSPS) is 17.1. The van der Waals surface area contributed by atoms with Crippen LogP contribution in [0.3, 0.4) is 0 Å². The van der Waals surface area contributed by atoms with E-state index in [1.54, 1.807) is 18.3 Å². The summed E-state index contributed by atoms with van der Waals surface area (Å²) in [4.78, 5) is 4.61. The molecule has 1 aromatic carbocycles. The van der Waals surface area contributed by atoms with E-state index in [1.165, 1.54) is 10.4 Å². The summed E-state index contributed by atoms with van der Waals surface area (Å²) in [5, 5.41) is 4.48. The fourth-order valence-electron chi connectivity index (χ4n) is 3.57. The number of benzene rings is 1. The molecule has 2 aromatic heterocycles. The molecule has 5 rings (SSSR count). The van der Waals surface area contributed by atoms with Crippen molar-refractivity contribution in [3.8, 4) is 11.5 Å². The minimum atomic E-state index is -3.65. The Hall–Kier alpha value is -2.65. The number of aryl methyl sites for hydroxylation is 1. The Bertz CT molecular complexity index is 1160. The molecule has 140 valence electrons. The first kappa shape index (κ1) is 16.5. The van der Waals surface area contributed by atoms with Crippen molar-refractivity contribution in [1.29, 1.82) is 0 Å². The lowest BCUT2D eigenvalue weighted by atomic mass is 10.1. The first-order valence-corrected chi connectivity index (χ1v) is 10.2. The third-order valence-electron chi connectivity index (χ3n) is 4.89. The molecule has 0 spiro atoms. The maximum atomic E-state index is 13.1. The Morgan fingerprint density at radius 3 is 2.78 bits per heavy atom. The zero-order valence-corrected chi connectivity index (χ0v) is 15.6. The topological polar surface area (TPSA) is 86.0 Å². The molecule has 3 aromatic rings. The number of rotatable bonds is 2. The molecule has 0 amide bonds. The quantitative estimate of drug-likeness (QED) is 0.664. The summed E-state index contributed by atoms with van der Waals surface area (Å²) >= 11 is 0. The van der Waals surface area contributed by atoms with Crippen LogP contribution in [0.25, 0.3) is 5.65 Å². The smallest absolute Gasteiger partial charge is 0.243 e. The van der Waals surface area contributed by atoms with Crippen molar-refractivity contribution in [2.75, 3.05) is 19.8 Å². The Balaban J connectivity index is 1.49. The van der Waals surface area contributed by atoms with E-state index in [1.807, 2.05) is 17.5 Å². The van der Waals surface area contributed by atoms with Crippen molar-refractivity contribution in [2.45, 2.75) is 24.8 Å². The number of fused-ring (bicyclic) bond motifs is 4. The lowest BCUT2D eigenvalue weighted by Crippen LogP contribution is -2.37. The number of hydrogen-bond donors (Lipinski definition) is 0. The molecule has 0 radical (unpaired) electrons. The number of sulfonamides is 1. The molecule has 0 bridgehead atoms. The summed E-state index contributed by atoms with van der Waals surface area (Å²) < 4.78 is 40.6. The second-order valence-corrected chi connectivity index (χ2v) is 8.62. The molecule has 0 saturated heterocycles. The van der Waals surface area contributed by atoms with Crippen molar-refractivity contribution in [3.63, 3.8) is 0 Å². The fraction of sp³-hybridized carbons (Fsp3) is 0.333. The lowest BCUT2D eigenvalue weighted by Gasteiger charge is -2.28. The highest BCUT2D eigenvalue weighted by atomic mass is 32.2. The largest absolute Gasteiger partial charge is 0.486 e. The van der Waals surface area contributed by atoms with Crippen LogP contribution in [0.1, 0.15) is 17.0 Å². The second-order valence-electron chi connectivity index (χ2n) is 6.68. The highest BCUT2D eigenvalue weighted by Gasteiger charge is 2.31. The summed E-state index contributed by atoms with van der Waals surface area (Å²) in [6.07, 6.45) is 2.33. The Morgan fingerprint density at radius 2 is 1.93 bits per heavy atom. The van der Waals surface area contributed by atoms with Crippen LogP contribution in [0.15, 0.2) is 35.4 Å². The van der Waals surface area contributed by atoms with E-state index < -0.39 is 10.0 Å². The van der Waals surface area contributed by atoms with Crippen molar-refractivity contribution in [1.82, 2.24) is 18.9 Å². The molecule has 27 heavy (non-hydrogen) atoms. The van der Waals surface area contributed by atoms with Crippen molar-refractivity contribution in [2.24, 2.45) is 0 Å². The summed E-state index contributed by atoms with van der Waals surface area (Å²) in [7, 11) is -3.65. The maximum Gasteiger partial charge on any atom is 0.243 e. The molecule has 0 fully saturated rings. The second kappa shape index (κ2) is 5.93. The number of aromatic nitrogens is 3. The van der Waals surface area contributed by atoms with E-state index in [4.69, 9.17) is 9.47 Å². The van der Waals surface area contributed by atoms with Crippen LogP contribution in [-0.4, -0.2) is 47.1 Å². The summed E-state index contributed by atoms with van der Waals surface area (Å²) in [5.74, 6) is 1.04. The van der Waals surface area contributed by atoms with E-state index >= 15 is 0 Å². The first-order chi connectivity index (χ1) is 13.0. The zero-order chi connectivity index (χ0) is 18.6. The Kier molecular flexibility index (Phi) is 3.63. The van der Waals surface area contributed by atoms with Gasteiger partial charge in [-0.1, -0.05) is 0 Å². The van der Waals surface area contributed by atoms with Crippen LogP contribution in [-0.2, 0) is 23.0 Å². The van der Waals surface area contributed by atoms with Crippen LogP contribution in [0.5, 0.6) is 11.5 Å². The van der Waals surface area contributed by atoms with Crippen LogP contribution in [0.2, 0.25) is 0 Å². The van der Waals surface area contributed by atoms with Crippen LogP contribution >= 0.6 is 0 Å². The predicted octanol–water partition coefficient (Wildman–Crippen LogP) is 1.56. The SMILES string of the molecule is Cc1cc2ncc3c(n2n1)CCN(S(=O)(=O)c1ccc2c(c1)OCCO2)C3. The van der Waals surface area contributed by atoms with Crippen molar-refractivity contribution < 1.29 is 17.9 Å². The number of nitrogens with zero attached hydrogens (tertiary/aromatic N) is 4. The molecule has 0 N–H and O–H groups in total.